The summed E-state index contributed by atoms with van der Waals surface area (Å²) in [4.78, 5) is 28.7. The summed E-state index contributed by atoms with van der Waals surface area (Å²) in [6.45, 7) is 5.98. The molecule has 6 nitrogen and oxygen atoms in total. The molecular formula is C22H26N2O4. The molecule has 0 radical (unpaired) electrons. The van der Waals surface area contributed by atoms with Crippen LogP contribution in [0.1, 0.15) is 21.5 Å². The molecular weight excluding hydrogens is 356 g/mol. The monoisotopic (exact) mass is 382 g/mol. The number of hydrogen-bond donors (Lipinski definition) is 0. The lowest BCUT2D eigenvalue weighted by Gasteiger charge is -2.34. The highest BCUT2D eigenvalue weighted by Gasteiger charge is 2.25. The van der Waals surface area contributed by atoms with E-state index in [1.807, 2.05) is 38.1 Å². The zero-order chi connectivity index (χ0) is 20.1. The van der Waals surface area contributed by atoms with Crippen molar-refractivity contribution in [3.63, 3.8) is 0 Å². The number of hydrogen-bond acceptors (Lipinski definition) is 4. The standard InChI is InChI=1S/C22H26N2O4/c1-16-7-8-17(2)20(13-16)28-15-21(25)23-9-11-24(12-10-23)22(26)18-5-4-6-19(14-18)27-3/h4-8,13-14H,9-12,15H2,1-3H3. The van der Waals surface area contributed by atoms with E-state index in [-0.39, 0.29) is 18.4 Å². The predicted octanol–water partition coefficient (Wildman–Crippen LogP) is 2.68. The number of methoxy groups -OCH3 is 1. The third-order valence-corrected chi connectivity index (χ3v) is 4.93. The molecule has 0 unspecified atom stereocenters. The second-order valence-electron chi connectivity index (χ2n) is 6.96. The highest BCUT2D eigenvalue weighted by Crippen LogP contribution is 2.19. The topological polar surface area (TPSA) is 59.1 Å². The fourth-order valence-electron chi connectivity index (χ4n) is 3.19. The quantitative estimate of drug-likeness (QED) is 0.798. The van der Waals surface area contributed by atoms with Crippen LogP contribution in [0.3, 0.4) is 0 Å². The van der Waals surface area contributed by atoms with Gasteiger partial charge in [0.2, 0.25) is 0 Å². The second-order valence-corrected chi connectivity index (χ2v) is 6.96. The molecule has 1 saturated heterocycles. The molecule has 2 aromatic carbocycles. The Labute approximate surface area is 165 Å². The summed E-state index contributed by atoms with van der Waals surface area (Å²) in [6.07, 6.45) is 0. The number of ether oxygens (including phenoxy) is 2. The zero-order valence-electron chi connectivity index (χ0n) is 16.6. The minimum atomic E-state index is -0.0608. The minimum Gasteiger partial charge on any atom is -0.497 e. The molecule has 6 heteroatoms. The smallest absolute Gasteiger partial charge is 0.260 e. The summed E-state index contributed by atoms with van der Waals surface area (Å²) in [6, 6.07) is 13.1. The highest BCUT2D eigenvalue weighted by molar-refractivity contribution is 5.94. The summed E-state index contributed by atoms with van der Waals surface area (Å²) < 4.78 is 10.9. The molecule has 28 heavy (non-hydrogen) atoms. The van der Waals surface area contributed by atoms with E-state index in [4.69, 9.17) is 9.47 Å². The fraction of sp³-hybridized carbons (Fsp3) is 0.364. The second kappa shape index (κ2) is 8.78. The maximum absolute atomic E-state index is 12.7. The van der Waals surface area contributed by atoms with E-state index in [9.17, 15) is 9.59 Å². The summed E-state index contributed by atoms with van der Waals surface area (Å²) >= 11 is 0. The van der Waals surface area contributed by atoms with Gasteiger partial charge in [0.1, 0.15) is 11.5 Å². The molecule has 0 aliphatic carbocycles. The molecule has 148 valence electrons. The number of piperazine rings is 1. The van der Waals surface area contributed by atoms with E-state index in [0.29, 0.717) is 37.5 Å². The average molecular weight is 382 g/mol. The van der Waals surface area contributed by atoms with Crippen LogP contribution in [-0.4, -0.2) is 61.5 Å². The zero-order valence-corrected chi connectivity index (χ0v) is 16.6. The maximum Gasteiger partial charge on any atom is 0.260 e. The summed E-state index contributed by atoms with van der Waals surface area (Å²) in [5, 5.41) is 0. The van der Waals surface area contributed by atoms with Gasteiger partial charge in [0.05, 0.1) is 7.11 Å². The van der Waals surface area contributed by atoms with Crippen LogP contribution in [0.25, 0.3) is 0 Å². The number of carbonyl (C=O) groups is 2. The molecule has 2 aromatic rings. The Hall–Kier alpha value is -3.02. The molecule has 2 amide bonds. The number of benzene rings is 2. The van der Waals surface area contributed by atoms with Crippen molar-refractivity contribution in [3.8, 4) is 11.5 Å². The lowest BCUT2D eigenvalue weighted by atomic mass is 10.1. The molecule has 1 heterocycles. The van der Waals surface area contributed by atoms with Crippen LogP contribution in [0.5, 0.6) is 11.5 Å². The van der Waals surface area contributed by atoms with Crippen molar-refractivity contribution in [2.75, 3.05) is 39.9 Å². The van der Waals surface area contributed by atoms with Crippen molar-refractivity contribution >= 4 is 11.8 Å². The molecule has 3 rings (SSSR count). The van der Waals surface area contributed by atoms with Crippen molar-refractivity contribution < 1.29 is 19.1 Å². The lowest BCUT2D eigenvalue weighted by Crippen LogP contribution is -2.51. The third kappa shape index (κ3) is 4.63. The molecule has 0 spiro atoms. The molecule has 1 aliphatic heterocycles. The summed E-state index contributed by atoms with van der Waals surface area (Å²) in [5.41, 5.74) is 2.70. The summed E-state index contributed by atoms with van der Waals surface area (Å²) in [5.74, 6) is 1.29. The largest absolute Gasteiger partial charge is 0.497 e. The molecule has 0 atom stereocenters. The van der Waals surface area contributed by atoms with Crippen LogP contribution in [0.4, 0.5) is 0 Å². The predicted molar refractivity (Wildman–Crippen MR) is 107 cm³/mol. The van der Waals surface area contributed by atoms with E-state index in [1.165, 1.54) is 0 Å². The Kier molecular flexibility index (Phi) is 6.19. The van der Waals surface area contributed by atoms with Crippen LogP contribution in [0.15, 0.2) is 42.5 Å². The Morgan fingerprint density at radius 3 is 2.39 bits per heavy atom. The van der Waals surface area contributed by atoms with Gasteiger partial charge in [-0.15, -0.1) is 0 Å². The van der Waals surface area contributed by atoms with Gasteiger partial charge in [0, 0.05) is 31.7 Å². The highest BCUT2D eigenvalue weighted by atomic mass is 16.5. The van der Waals surface area contributed by atoms with Crippen molar-refractivity contribution in [3.05, 3.63) is 59.2 Å². The van der Waals surface area contributed by atoms with Gasteiger partial charge in [-0.3, -0.25) is 9.59 Å². The van der Waals surface area contributed by atoms with Gasteiger partial charge in [0.15, 0.2) is 6.61 Å². The van der Waals surface area contributed by atoms with Gasteiger partial charge < -0.3 is 19.3 Å². The Morgan fingerprint density at radius 2 is 1.68 bits per heavy atom. The van der Waals surface area contributed by atoms with Gasteiger partial charge in [-0.1, -0.05) is 18.2 Å². The van der Waals surface area contributed by atoms with Crippen LogP contribution in [0, 0.1) is 13.8 Å². The Morgan fingerprint density at radius 1 is 0.964 bits per heavy atom. The van der Waals surface area contributed by atoms with E-state index in [1.54, 1.807) is 35.1 Å². The normalized spacial score (nSPS) is 14.0. The SMILES string of the molecule is COc1cccc(C(=O)N2CCN(C(=O)COc3cc(C)ccc3C)CC2)c1. The lowest BCUT2D eigenvalue weighted by molar-refractivity contribution is -0.134. The van der Waals surface area contributed by atoms with E-state index < -0.39 is 0 Å². The van der Waals surface area contributed by atoms with Gasteiger partial charge >= 0.3 is 0 Å². The molecule has 1 aliphatic rings. The first-order chi connectivity index (χ1) is 13.5. The molecule has 0 bridgehead atoms. The van der Waals surface area contributed by atoms with Crippen LogP contribution < -0.4 is 9.47 Å². The Balaban J connectivity index is 1.52. The molecule has 1 fully saturated rings. The van der Waals surface area contributed by atoms with Gasteiger partial charge in [-0.05, 0) is 49.2 Å². The van der Waals surface area contributed by atoms with E-state index in [2.05, 4.69) is 0 Å². The first-order valence-corrected chi connectivity index (χ1v) is 9.39. The number of aryl methyl sites for hydroxylation is 2. The minimum absolute atomic E-state index is 0.00806. The molecule has 0 N–H and O–H groups in total. The van der Waals surface area contributed by atoms with Crippen molar-refractivity contribution in [1.82, 2.24) is 9.80 Å². The Bertz CT molecular complexity index is 857. The maximum atomic E-state index is 12.7. The van der Waals surface area contributed by atoms with Crippen LogP contribution in [-0.2, 0) is 4.79 Å². The van der Waals surface area contributed by atoms with Gasteiger partial charge in [0.25, 0.3) is 11.8 Å². The van der Waals surface area contributed by atoms with Gasteiger partial charge in [-0.25, -0.2) is 0 Å². The average Bonchev–Trinajstić information content (AvgIpc) is 2.73. The van der Waals surface area contributed by atoms with Crippen LogP contribution >= 0.6 is 0 Å². The number of carbonyl (C=O) groups excluding carboxylic acids is 2. The molecule has 0 aromatic heterocycles. The number of nitrogens with zero attached hydrogens (tertiary/aromatic N) is 2. The molecule has 0 saturated carbocycles. The third-order valence-electron chi connectivity index (χ3n) is 4.93. The van der Waals surface area contributed by atoms with E-state index in [0.717, 1.165) is 16.9 Å². The van der Waals surface area contributed by atoms with E-state index >= 15 is 0 Å². The van der Waals surface area contributed by atoms with Crippen molar-refractivity contribution in [2.24, 2.45) is 0 Å². The number of rotatable bonds is 5. The van der Waals surface area contributed by atoms with Crippen molar-refractivity contribution in [1.29, 1.82) is 0 Å². The first kappa shape index (κ1) is 19.7. The number of amides is 2. The summed E-state index contributed by atoms with van der Waals surface area (Å²) in [7, 11) is 1.58. The van der Waals surface area contributed by atoms with Gasteiger partial charge in [-0.2, -0.15) is 0 Å². The fourth-order valence-corrected chi connectivity index (χ4v) is 3.19. The van der Waals surface area contributed by atoms with Crippen LogP contribution in [0.2, 0.25) is 0 Å². The van der Waals surface area contributed by atoms with Crippen molar-refractivity contribution in [2.45, 2.75) is 13.8 Å². The first-order valence-electron chi connectivity index (χ1n) is 9.39.